The van der Waals surface area contributed by atoms with E-state index in [1.54, 1.807) is 24.3 Å². The fourth-order valence-corrected chi connectivity index (χ4v) is 4.31. The van der Waals surface area contributed by atoms with Crippen LogP contribution in [0.5, 0.6) is 0 Å². The van der Waals surface area contributed by atoms with Gasteiger partial charge in [-0.05, 0) is 12.0 Å². The van der Waals surface area contributed by atoms with Gasteiger partial charge in [-0.2, -0.15) is 0 Å². The number of nitrogens with zero attached hydrogens (tertiary/aromatic N) is 1. The lowest BCUT2D eigenvalue weighted by atomic mass is 10.1. The molecule has 116 valence electrons. The quantitative estimate of drug-likeness (QED) is 0.777. The Balaban J connectivity index is 2.16. The van der Waals surface area contributed by atoms with E-state index in [0.29, 0.717) is 12.0 Å². The number of aliphatic hydroxyl groups excluding tert-OH is 1. The highest BCUT2D eigenvalue weighted by Crippen LogP contribution is 2.21. The molecule has 2 unspecified atom stereocenters. The van der Waals surface area contributed by atoms with E-state index in [4.69, 9.17) is 10.8 Å². The first-order chi connectivity index (χ1) is 9.94. The largest absolute Gasteiger partial charge is 0.395 e. The van der Waals surface area contributed by atoms with Crippen molar-refractivity contribution in [2.24, 2.45) is 5.73 Å². The summed E-state index contributed by atoms with van der Waals surface area (Å²) in [7, 11) is -3.10. The topological polar surface area (TPSA) is 101 Å². The Hall–Kier alpha value is -1.44. The summed E-state index contributed by atoms with van der Waals surface area (Å²) >= 11 is 0. The molecule has 1 aromatic rings. The van der Waals surface area contributed by atoms with Gasteiger partial charge in [0.25, 0.3) is 0 Å². The van der Waals surface area contributed by atoms with E-state index in [-0.39, 0.29) is 30.6 Å². The summed E-state index contributed by atoms with van der Waals surface area (Å²) in [4.78, 5) is 13.9. The molecule has 21 heavy (non-hydrogen) atoms. The van der Waals surface area contributed by atoms with E-state index >= 15 is 0 Å². The first-order valence-electron chi connectivity index (χ1n) is 6.87. The van der Waals surface area contributed by atoms with Crippen LogP contribution in [-0.2, 0) is 14.6 Å². The number of amides is 1. The molecular weight excluding hydrogens is 292 g/mol. The molecule has 0 saturated carbocycles. The summed E-state index contributed by atoms with van der Waals surface area (Å²) in [6, 6.07) is 7.68. The van der Waals surface area contributed by atoms with Crippen LogP contribution in [0.3, 0.4) is 0 Å². The third-order valence-corrected chi connectivity index (χ3v) is 5.45. The first-order valence-corrected chi connectivity index (χ1v) is 8.69. The number of carbonyl (C=O) groups is 1. The molecule has 1 aromatic carbocycles. The normalized spacial score (nSPS) is 21.9. The molecule has 3 N–H and O–H groups in total. The van der Waals surface area contributed by atoms with Crippen molar-refractivity contribution < 1.29 is 18.3 Å². The summed E-state index contributed by atoms with van der Waals surface area (Å²) in [6.45, 7) is -0.122. The van der Waals surface area contributed by atoms with Gasteiger partial charge in [-0.25, -0.2) is 8.42 Å². The molecule has 1 fully saturated rings. The van der Waals surface area contributed by atoms with E-state index < -0.39 is 21.9 Å². The maximum atomic E-state index is 12.5. The van der Waals surface area contributed by atoms with E-state index in [9.17, 15) is 13.2 Å². The van der Waals surface area contributed by atoms with Crippen LogP contribution in [0.15, 0.2) is 30.3 Å². The highest BCUT2D eigenvalue weighted by atomic mass is 32.2. The van der Waals surface area contributed by atoms with Gasteiger partial charge in [-0.1, -0.05) is 30.3 Å². The lowest BCUT2D eigenvalue weighted by Crippen LogP contribution is -2.47. The Bertz CT molecular complexity index is 588. The van der Waals surface area contributed by atoms with Gasteiger partial charge >= 0.3 is 0 Å². The van der Waals surface area contributed by atoms with Crippen molar-refractivity contribution >= 4 is 15.7 Å². The Morgan fingerprint density at radius 3 is 2.57 bits per heavy atom. The Kier molecular flexibility index (Phi) is 4.97. The molecule has 1 saturated heterocycles. The molecule has 0 aromatic heterocycles. The maximum absolute atomic E-state index is 12.5. The van der Waals surface area contributed by atoms with Crippen LogP contribution in [0, 0.1) is 0 Å². The molecule has 0 bridgehead atoms. The zero-order valence-corrected chi connectivity index (χ0v) is 12.5. The van der Waals surface area contributed by atoms with Gasteiger partial charge in [0.1, 0.15) is 6.04 Å². The minimum atomic E-state index is -3.10. The van der Waals surface area contributed by atoms with E-state index in [2.05, 4.69) is 0 Å². The molecule has 2 rings (SSSR count). The zero-order valence-electron chi connectivity index (χ0n) is 11.7. The number of nitrogens with two attached hydrogens (primary N) is 1. The molecule has 1 aliphatic heterocycles. The smallest absolute Gasteiger partial charge is 0.244 e. The molecule has 1 aliphatic rings. The standard InChI is InChI=1S/C14H20N2O4S/c15-13(11-4-2-1-3-5-11)14(18)16(7-8-17)12-6-9-21(19,20)10-12/h1-5,12-13,17H,6-10,15H2. The third-order valence-electron chi connectivity index (χ3n) is 3.70. The highest BCUT2D eigenvalue weighted by molar-refractivity contribution is 7.91. The number of benzene rings is 1. The van der Waals surface area contributed by atoms with Crippen molar-refractivity contribution in [3.8, 4) is 0 Å². The zero-order chi connectivity index (χ0) is 15.5. The van der Waals surface area contributed by atoms with Crippen LogP contribution in [-0.4, -0.2) is 55.0 Å². The SMILES string of the molecule is NC(C(=O)N(CCO)C1CCS(=O)(=O)C1)c1ccccc1. The predicted molar refractivity (Wildman–Crippen MR) is 79.2 cm³/mol. The number of aliphatic hydroxyl groups is 1. The second-order valence-electron chi connectivity index (χ2n) is 5.20. The lowest BCUT2D eigenvalue weighted by Gasteiger charge is -2.30. The van der Waals surface area contributed by atoms with Gasteiger partial charge in [-0.15, -0.1) is 0 Å². The van der Waals surface area contributed by atoms with Gasteiger partial charge in [0.15, 0.2) is 9.84 Å². The number of rotatable bonds is 5. The van der Waals surface area contributed by atoms with Gasteiger partial charge in [0.05, 0.1) is 18.1 Å². The van der Waals surface area contributed by atoms with Gasteiger partial charge in [0, 0.05) is 12.6 Å². The van der Waals surface area contributed by atoms with Crippen LogP contribution in [0.4, 0.5) is 0 Å². The van der Waals surface area contributed by atoms with E-state index in [1.165, 1.54) is 4.90 Å². The Morgan fingerprint density at radius 2 is 2.05 bits per heavy atom. The second-order valence-corrected chi connectivity index (χ2v) is 7.43. The molecule has 0 radical (unpaired) electrons. The minimum Gasteiger partial charge on any atom is -0.395 e. The highest BCUT2D eigenvalue weighted by Gasteiger charge is 2.36. The van der Waals surface area contributed by atoms with Crippen molar-refractivity contribution in [2.45, 2.75) is 18.5 Å². The van der Waals surface area contributed by atoms with Crippen LogP contribution in [0.1, 0.15) is 18.0 Å². The van der Waals surface area contributed by atoms with Crippen LogP contribution >= 0.6 is 0 Å². The van der Waals surface area contributed by atoms with Crippen LogP contribution in [0.2, 0.25) is 0 Å². The second kappa shape index (κ2) is 6.55. The summed E-state index contributed by atoms with van der Waals surface area (Å²) in [5, 5.41) is 9.14. The van der Waals surface area contributed by atoms with Gasteiger partial charge < -0.3 is 15.7 Å². The average Bonchev–Trinajstić information content (AvgIpc) is 2.84. The first kappa shape index (κ1) is 15.9. The summed E-state index contributed by atoms with van der Waals surface area (Å²) in [6.07, 6.45) is 0.398. The lowest BCUT2D eigenvalue weighted by molar-refractivity contribution is -0.135. The average molecular weight is 312 g/mol. The van der Waals surface area contributed by atoms with Crippen molar-refractivity contribution in [2.75, 3.05) is 24.7 Å². The van der Waals surface area contributed by atoms with E-state index in [0.717, 1.165) is 0 Å². The molecule has 6 nitrogen and oxygen atoms in total. The summed E-state index contributed by atoms with van der Waals surface area (Å²) < 4.78 is 23.2. The van der Waals surface area contributed by atoms with Crippen molar-refractivity contribution in [1.82, 2.24) is 4.90 Å². The molecule has 7 heteroatoms. The minimum absolute atomic E-state index is 0.0553. The summed E-state index contributed by atoms with van der Waals surface area (Å²) in [5.41, 5.74) is 6.66. The van der Waals surface area contributed by atoms with Crippen molar-refractivity contribution in [3.63, 3.8) is 0 Å². The molecule has 0 aliphatic carbocycles. The molecule has 1 heterocycles. The number of hydrogen-bond acceptors (Lipinski definition) is 5. The monoisotopic (exact) mass is 312 g/mol. The molecule has 1 amide bonds. The molecule has 0 spiro atoms. The number of carbonyl (C=O) groups excluding carboxylic acids is 1. The van der Waals surface area contributed by atoms with Crippen LogP contribution in [0.25, 0.3) is 0 Å². The van der Waals surface area contributed by atoms with E-state index in [1.807, 2.05) is 6.07 Å². The van der Waals surface area contributed by atoms with Crippen LogP contribution < -0.4 is 5.73 Å². The van der Waals surface area contributed by atoms with Gasteiger partial charge in [-0.3, -0.25) is 4.79 Å². The Labute approximate surface area is 124 Å². The van der Waals surface area contributed by atoms with Crippen molar-refractivity contribution in [3.05, 3.63) is 35.9 Å². The fraction of sp³-hybridized carbons (Fsp3) is 0.500. The number of hydrogen-bond donors (Lipinski definition) is 2. The predicted octanol–water partition coefficient (Wildman–Crippen LogP) is -0.306. The maximum Gasteiger partial charge on any atom is 0.244 e. The summed E-state index contributed by atoms with van der Waals surface area (Å²) in [5.74, 6) is -0.328. The fourth-order valence-electron chi connectivity index (χ4n) is 2.58. The molecule has 2 atom stereocenters. The Morgan fingerprint density at radius 1 is 1.38 bits per heavy atom. The van der Waals surface area contributed by atoms with Gasteiger partial charge in [0.2, 0.25) is 5.91 Å². The number of sulfone groups is 1. The third kappa shape index (κ3) is 3.81. The molecular formula is C14H20N2O4S. The van der Waals surface area contributed by atoms with Crippen molar-refractivity contribution in [1.29, 1.82) is 0 Å².